The van der Waals surface area contributed by atoms with Gasteiger partial charge >= 0.3 is 5.97 Å². The van der Waals surface area contributed by atoms with Crippen molar-refractivity contribution in [3.63, 3.8) is 0 Å². The van der Waals surface area contributed by atoms with E-state index in [9.17, 15) is 19.7 Å². The van der Waals surface area contributed by atoms with Gasteiger partial charge in [-0.1, -0.05) is 0 Å². The molecule has 2 aromatic rings. The van der Waals surface area contributed by atoms with Gasteiger partial charge in [0.1, 0.15) is 5.75 Å². The molecule has 0 saturated heterocycles. The molecule has 27 heavy (non-hydrogen) atoms. The fraction of sp³-hybridized carbons (Fsp3) is 0.263. The van der Waals surface area contributed by atoms with Crippen LogP contribution >= 0.6 is 0 Å². The number of esters is 1. The number of nitrogens with zero attached hydrogens (tertiary/aromatic N) is 1. The van der Waals surface area contributed by atoms with Gasteiger partial charge in [-0.15, -0.1) is 0 Å². The first-order chi connectivity index (χ1) is 12.8. The molecule has 8 heteroatoms. The zero-order valence-corrected chi connectivity index (χ0v) is 15.2. The summed E-state index contributed by atoms with van der Waals surface area (Å²) in [6.45, 7) is 5.38. The maximum absolute atomic E-state index is 12.2. The Morgan fingerprint density at radius 2 is 1.85 bits per heavy atom. The highest BCUT2D eigenvalue weighted by Gasteiger charge is 2.21. The number of ether oxygens (including phenoxy) is 2. The smallest absolute Gasteiger partial charge is 0.338 e. The largest absolute Gasteiger partial charge is 0.494 e. The molecule has 0 aliphatic heterocycles. The first-order valence-electron chi connectivity index (χ1n) is 8.31. The van der Waals surface area contributed by atoms with E-state index in [0.717, 1.165) is 0 Å². The lowest BCUT2D eigenvalue weighted by molar-refractivity contribution is -0.385. The van der Waals surface area contributed by atoms with Crippen LogP contribution in [0.4, 0.5) is 11.4 Å². The van der Waals surface area contributed by atoms with Crippen molar-refractivity contribution in [3.8, 4) is 5.75 Å². The number of carbonyl (C=O) groups is 2. The molecule has 0 bridgehead atoms. The van der Waals surface area contributed by atoms with E-state index in [1.165, 1.54) is 32.0 Å². The maximum Gasteiger partial charge on any atom is 0.338 e. The fourth-order valence-electron chi connectivity index (χ4n) is 2.31. The number of amides is 1. The fourth-order valence-corrected chi connectivity index (χ4v) is 2.31. The number of nitro groups is 1. The van der Waals surface area contributed by atoms with Gasteiger partial charge in [-0.3, -0.25) is 14.9 Å². The molecule has 0 aliphatic rings. The van der Waals surface area contributed by atoms with E-state index in [2.05, 4.69) is 5.32 Å². The van der Waals surface area contributed by atoms with E-state index in [1.54, 1.807) is 24.3 Å². The average Bonchev–Trinajstić information content (AvgIpc) is 2.63. The van der Waals surface area contributed by atoms with Crippen LogP contribution in [0.3, 0.4) is 0 Å². The van der Waals surface area contributed by atoms with Crippen LogP contribution in [0.1, 0.15) is 29.8 Å². The molecule has 0 fully saturated rings. The van der Waals surface area contributed by atoms with Gasteiger partial charge in [0.15, 0.2) is 6.10 Å². The molecule has 0 saturated carbocycles. The highest BCUT2D eigenvalue weighted by atomic mass is 16.6. The van der Waals surface area contributed by atoms with E-state index in [0.29, 0.717) is 23.6 Å². The van der Waals surface area contributed by atoms with Crippen molar-refractivity contribution in [2.45, 2.75) is 26.9 Å². The summed E-state index contributed by atoms with van der Waals surface area (Å²) in [5.41, 5.74) is 0.921. The molecule has 2 aromatic carbocycles. The molecular weight excluding hydrogens is 352 g/mol. The molecular formula is C19H20N2O6. The molecule has 2 rings (SSSR count). The minimum atomic E-state index is -1.04. The number of hydrogen-bond acceptors (Lipinski definition) is 6. The molecule has 0 aliphatic carbocycles. The number of hydrogen-bond donors (Lipinski definition) is 1. The molecule has 0 heterocycles. The Morgan fingerprint density at radius 1 is 1.19 bits per heavy atom. The Morgan fingerprint density at radius 3 is 2.41 bits per heavy atom. The molecule has 0 unspecified atom stereocenters. The average molecular weight is 372 g/mol. The Hall–Kier alpha value is -3.42. The van der Waals surface area contributed by atoms with Gasteiger partial charge in [-0.05, 0) is 57.2 Å². The van der Waals surface area contributed by atoms with Crippen LogP contribution in [0, 0.1) is 17.0 Å². The third-order valence-electron chi connectivity index (χ3n) is 3.72. The van der Waals surface area contributed by atoms with Gasteiger partial charge in [0.05, 0.1) is 17.1 Å². The minimum Gasteiger partial charge on any atom is -0.494 e. The number of rotatable bonds is 7. The zero-order chi connectivity index (χ0) is 20.0. The van der Waals surface area contributed by atoms with Crippen molar-refractivity contribution < 1.29 is 24.0 Å². The van der Waals surface area contributed by atoms with Gasteiger partial charge in [0.25, 0.3) is 11.6 Å². The maximum atomic E-state index is 12.2. The van der Waals surface area contributed by atoms with Crippen LogP contribution < -0.4 is 10.1 Å². The standard InChI is InChI=1S/C19H20N2O6/c1-4-26-16-8-6-15(7-9-16)20-18(22)13(3)27-19(23)14-5-10-17(21(24)25)12(2)11-14/h5-11,13H,4H2,1-3H3,(H,20,22)/t13-/m0/s1. The number of aryl methyl sites for hydroxylation is 1. The molecule has 1 atom stereocenters. The monoisotopic (exact) mass is 372 g/mol. The Kier molecular flexibility index (Phi) is 6.48. The van der Waals surface area contributed by atoms with Gasteiger partial charge in [-0.25, -0.2) is 4.79 Å². The normalized spacial score (nSPS) is 11.4. The second-order valence-corrected chi connectivity index (χ2v) is 5.75. The van der Waals surface area contributed by atoms with Crippen molar-refractivity contribution in [2.24, 2.45) is 0 Å². The van der Waals surface area contributed by atoms with Crippen LogP contribution in [0.2, 0.25) is 0 Å². The number of nitro benzene ring substituents is 1. The summed E-state index contributed by atoms with van der Waals surface area (Å²) < 4.78 is 10.5. The summed E-state index contributed by atoms with van der Waals surface area (Å²) in [7, 11) is 0. The van der Waals surface area contributed by atoms with Crippen molar-refractivity contribution in [1.29, 1.82) is 0 Å². The SMILES string of the molecule is CCOc1ccc(NC(=O)[C@H](C)OC(=O)c2ccc([N+](=O)[O-])c(C)c2)cc1. The first kappa shape index (κ1) is 19.9. The third-order valence-corrected chi connectivity index (χ3v) is 3.72. The van der Waals surface area contributed by atoms with Crippen molar-refractivity contribution in [1.82, 2.24) is 0 Å². The molecule has 0 spiro atoms. The van der Waals surface area contributed by atoms with E-state index < -0.39 is 22.9 Å². The molecule has 1 N–H and O–H groups in total. The van der Waals surface area contributed by atoms with Gasteiger partial charge < -0.3 is 14.8 Å². The summed E-state index contributed by atoms with van der Waals surface area (Å²) in [5, 5.41) is 13.5. The lowest BCUT2D eigenvalue weighted by Crippen LogP contribution is -2.30. The highest BCUT2D eigenvalue weighted by molar-refractivity contribution is 5.97. The first-order valence-corrected chi connectivity index (χ1v) is 8.31. The second-order valence-electron chi connectivity index (χ2n) is 5.75. The zero-order valence-electron chi connectivity index (χ0n) is 15.2. The van der Waals surface area contributed by atoms with E-state index in [4.69, 9.17) is 9.47 Å². The molecule has 142 valence electrons. The van der Waals surface area contributed by atoms with Gasteiger partial charge in [-0.2, -0.15) is 0 Å². The predicted octanol–water partition coefficient (Wildman–Crippen LogP) is 3.49. The highest BCUT2D eigenvalue weighted by Crippen LogP contribution is 2.20. The van der Waals surface area contributed by atoms with Crippen molar-refractivity contribution >= 4 is 23.3 Å². The van der Waals surface area contributed by atoms with E-state index >= 15 is 0 Å². The van der Waals surface area contributed by atoms with Crippen LogP contribution in [0.15, 0.2) is 42.5 Å². The molecule has 8 nitrogen and oxygen atoms in total. The van der Waals surface area contributed by atoms with Crippen LogP contribution in [-0.2, 0) is 9.53 Å². The number of anilines is 1. The quantitative estimate of drug-likeness (QED) is 0.453. The van der Waals surface area contributed by atoms with E-state index in [-0.39, 0.29) is 11.3 Å². The predicted molar refractivity (Wildman–Crippen MR) is 99.0 cm³/mol. The summed E-state index contributed by atoms with van der Waals surface area (Å²) in [6, 6.07) is 10.7. The molecule has 0 radical (unpaired) electrons. The summed E-state index contributed by atoms with van der Waals surface area (Å²) in [5.74, 6) is -0.544. The number of nitrogens with one attached hydrogen (secondary N) is 1. The Bertz CT molecular complexity index is 848. The van der Waals surface area contributed by atoms with Gasteiger partial charge in [0.2, 0.25) is 0 Å². The lowest BCUT2D eigenvalue weighted by atomic mass is 10.1. The Labute approximate surface area is 156 Å². The van der Waals surface area contributed by atoms with Gasteiger partial charge in [0, 0.05) is 17.3 Å². The van der Waals surface area contributed by atoms with Crippen molar-refractivity contribution in [2.75, 3.05) is 11.9 Å². The third kappa shape index (κ3) is 5.27. The van der Waals surface area contributed by atoms with Crippen LogP contribution in [0.5, 0.6) is 5.75 Å². The summed E-state index contributed by atoms with van der Waals surface area (Å²) in [6.07, 6.45) is -1.04. The Balaban J connectivity index is 1.98. The summed E-state index contributed by atoms with van der Waals surface area (Å²) >= 11 is 0. The number of benzene rings is 2. The second kappa shape index (κ2) is 8.79. The number of carbonyl (C=O) groups excluding carboxylic acids is 2. The van der Waals surface area contributed by atoms with E-state index in [1.807, 2.05) is 6.92 Å². The van der Waals surface area contributed by atoms with Crippen LogP contribution in [-0.4, -0.2) is 29.5 Å². The molecule has 1 amide bonds. The topological polar surface area (TPSA) is 108 Å². The lowest BCUT2D eigenvalue weighted by Gasteiger charge is -2.14. The minimum absolute atomic E-state index is 0.0900. The summed E-state index contributed by atoms with van der Waals surface area (Å²) in [4.78, 5) is 34.7. The molecule has 0 aromatic heterocycles. The van der Waals surface area contributed by atoms with Crippen molar-refractivity contribution in [3.05, 3.63) is 63.7 Å². The van der Waals surface area contributed by atoms with Crippen LogP contribution in [0.25, 0.3) is 0 Å².